The first kappa shape index (κ1) is 14.8. The minimum absolute atomic E-state index is 0.918. The van der Waals surface area contributed by atoms with Gasteiger partial charge < -0.3 is 14.8 Å². The smallest absolute Gasteiger partial charge is 0.0230 e. The van der Waals surface area contributed by atoms with E-state index in [4.69, 9.17) is 0 Å². The van der Waals surface area contributed by atoms with Crippen LogP contribution in [0.25, 0.3) is 0 Å². The molecule has 20 heavy (non-hydrogen) atoms. The fourth-order valence-electron chi connectivity index (χ4n) is 2.36. The highest BCUT2D eigenvalue weighted by Gasteiger charge is 2.03. The summed E-state index contributed by atoms with van der Waals surface area (Å²) in [6, 6.07) is 10.8. The molecule has 0 atom stereocenters. The van der Waals surface area contributed by atoms with Crippen molar-refractivity contribution in [3.05, 3.63) is 59.4 Å². The van der Waals surface area contributed by atoms with Gasteiger partial charge in [-0.3, -0.25) is 0 Å². The van der Waals surface area contributed by atoms with Crippen LogP contribution in [0.3, 0.4) is 0 Å². The Labute approximate surface area is 122 Å². The van der Waals surface area contributed by atoms with Gasteiger partial charge in [0.15, 0.2) is 0 Å². The van der Waals surface area contributed by atoms with Gasteiger partial charge in [-0.15, -0.1) is 0 Å². The monoisotopic (exact) mass is 271 g/mol. The summed E-state index contributed by atoms with van der Waals surface area (Å²) in [5, 5.41) is 3.54. The molecule has 0 aliphatic rings. The second-order valence-electron chi connectivity index (χ2n) is 5.46. The second-order valence-corrected chi connectivity index (χ2v) is 5.46. The second kappa shape index (κ2) is 7.27. The van der Waals surface area contributed by atoms with Crippen LogP contribution in [0.1, 0.15) is 23.6 Å². The van der Waals surface area contributed by atoms with Gasteiger partial charge in [0.05, 0.1) is 0 Å². The number of aromatic nitrogens is 1. The van der Waals surface area contributed by atoms with Crippen molar-refractivity contribution in [3.63, 3.8) is 0 Å². The van der Waals surface area contributed by atoms with Crippen molar-refractivity contribution in [2.24, 2.45) is 0 Å². The number of hydrogen-bond acceptors (Lipinski definition) is 2. The average Bonchev–Trinajstić information content (AvgIpc) is 2.88. The van der Waals surface area contributed by atoms with Crippen molar-refractivity contribution in [1.29, 1.82) is 0 Å². The zero-order chi connectivity index (χ0) is 14.4. The number of nitrogens with zero attached hydrogens (tertiary/aromatic N) is 2. The fraction of sp³-hybridized carbons (Fsp3) is 0.412. The first-order valence-corrected chi connectivity index (χ1v) is 7.26. The molecule has 108 valence electrons. The van der Waals surface area contributed by atoms with Crippen LogP contribution in [0.5, 0.6) is 0 Å². The standard InChI is InChI=1S/C17H25N3/c1-4-20-10-9-15(13-20)11-18-12-16-7-5-6-8-17(16)14-19(2)3/h5-10,13,18H,4,11-12,14H2,1-3H3. The lowest BCUT2D eigenvalue weighted by atomic mass is 10.1. The summed E-state index contributed by atoms with van der Waals surface area (Å²) in [6.07, 6.45) is 4.34. The molecule has 0 bridgehead atoms. The Morgan fingerprint density at radius 2 is 1.80 bits per heavy atom. The molecule has 0 saturated carbocycles. The third-order valence-electron chi connectivity index (χ3n) is 3.43. The van der Waals surface area contributed by atoms with E-state index in [1.165, 1.54) is 16.7 Å². The molecule has 0 aliphatic carbocycles. The maximum Gasteiger partial charge on any atom is 0.0230 e. The molecule has 2 rings (SSSR count). The Hall–Kier alpha value is -1.58. The molecule has 0 aliphatic heterocycles. The van der Waals surface area contributed by atoms with E-state index in [9.17, 15) is 0 Å². The summed E-state index contributed by atoms with van der Waals surface area (Å²) in [7, 11) is 4.22. The van der Waals surface area contributed by atoms with Gasteiger partial charge in [0.1, 0.15) is 0 Å². The van der Waals surface area contributed by atoms with Crippen LogP contribution in [0.15, 0.2) is 42.7 Å². The Balaban J connectivity index is 1.90. The van der Waals surface area contributed by atoms with Crippen LogP contribution in [-0.4, -0.2) is 23.6 Å². The molecule has 0 saturated heterocycles. The van der Waals surface area contributed by atoms with Crippen molar-refractivity contribution in [2.75, 3.05) is 14.1 Å². The molecule has 1 aromatic carbocycles. The molecule has 3 nitrogen and oxygen atoms in total. The van der Waals surface area contributed by atoms with Crippen molar-refractivity contribution >= 4 is 0 Å². The Kier molecular flexibility index (Phi) is 5.39. The van der Waals surface area contributed by atoms with Gasteiger partial charge in [-0.05, 0) is 43.8 Å². The maximum atomic E-state index is 3.54. The molecular formula is C17H25N3. The summed E-state index contributed by atoms with van der Waals surface area (Å²) in [5.41, 5.74) is 4.13. The minimum atomic E-state index is 0.918. The Morgan fingerprint density at radius 3 is 2.45 bits per heavy atom. The number of nitrogens with one attached hydrogen (secondary N) is 1. The lowest BCUT2D eigenvalue weighted by molar-refractivity contribution is 0.400. The number of benzene rings is 1. The van der Waals surface area contributed by atoms with E-state index < -0.39 is 0 Å². The topological polar surface area (TPSA) is 20.2 Å². The minimum Gasteiger partial charge on any atom is -0.354 e. The first-order valence-electron chi connectivity index (χ1n) is 7.26. The predicted molar refractivity (Wildman–Crippen MR) is 84.5 cm³/mol. The van der Waals surface area contributed by atoms with Gasteiger partial charge in [-0.1, -0.05) is 24.3 Å². The van der Waals surface area contributed by atoms with E-state index >= 15 is 0 Å². The van der Waals surface area contributed by atoms with Crippen molar-refractivity contribution in [3.8, 4) is 0 Å². The van der Waals surface area contributed by atoms with E-state index in [0.717, 1.165) is 26.2 Å². The van der Waals surface area contributed by atoms with Gasteiger partial charge in [0.2, 0.25) is 0 Å². The molecule has 1 N–H and O–H groups in total. The Bertz CT molecular complexity index is 529. The molecule has 1 heterocycles. The van der Waals surface area contributed by atoms with Gasteiger partial charge in [-0.25, -0.2) is 0 Å². The lowest BCUT2D eigenvalue weighted by Gasteiger charge is -2.14. The summed E-state index contributed by atoms with van der Waals surface area (Å²) in [5.74, 6) is 0. The molecule has 0 unspecified atom stereocenters. The van der Waals surface area contributed by atoms with E-state index in [-0.39, 0.29) is 0 Å². The van der Waals surface area contributed by atoms with Crippen LogP contribution >= 0.6 is 0 Å². The summed E-state index contributed by atoms with van der Waals surface area (Å²) >= 11 is 0. The van der Waals surface area contributed by atoms with Gasteiger partial charge >= 0.3 is 0 Å². The van der Waals surface area contributed by atoms with Crippen molar-refractivity contribution < 1.29 is 0 Å². The highest BCUT2D eigenvalue weighted by molar-refractivity contribution is 5.27. The zero-order valence-electron chi connectivity index (χ0n) is 12.8. The molecule has 0 spiro atoms. The third kappa shape index (κ3) is 4.22. The van der Waals surface area contributed by atoms with Crippen LogP contribution in [0, 0.1) is 0 Å². The maximum absolute atomic E-state index is 3.54. The van der Waals surface area contributed by atoms with E-state index in [1.807, 2.05) is 0 Å². The predicted octanol–water partition coefficient (Wildman–Crippen LogP) is 2.86. The number of aryl methyl sites for hydroxylation is 1. The lowest BCUT2D eigenvalue weighted by Crippen LogP contribution is -2.17. The summed E-state index contributed by atoms with van der Waals surface area (Å²) in [4.78, 5) is 2.21. The number of rotatable bonds is 7. The number of hydrogen-bond donors (Lipinski definition) is 1. The quantitative estimate of drug-likeness (QED) is 0.835. The van der Waals surface area contributed by atoms with E-state index in [2.05, 4.69) is 78.5 Å². The van der Waals surface area contributed by atoms with Gasteiger partial charge in [0.25, 0.3) is 0 Å². The first-order chi connectivity index (χ1) is 9.69. The SMILES string of the molecule is CCn1ccc(CNCc2ccccc2CN(C)C)c1. The average molecular weight is 271 g/mol. The zero-order valence-corrected chi connectivity index (χ0v) is 12.8. The highest BCUT2D eigenvalue weighted by Crippen LogP contribution is 2.11. The molecular weight excluding hydrogens is 246 g/mol. The molecule has 1 aromatic heterocycles. The van der Waals surface area contributed by atoms with Crippen LogP contribution < -0.4 is 5.32 Å². The van der Waals surface area contributed by atoms with Gasteiger partial charge in [-0.2, -0.15) is 0 Å². The van der Waals surface area contributed by atoms with E-state index in [1.54, 1.807) is 0 Å². The molecule has 0 fully saturated rings. The van der Waals surface area contributed by atoms with E-state index in [0.29, 0.717) is 0 Å². The van der Waals surface area contributed by atoms with Gasteiger partial charge in [0, 0.05) is 38.6 Å². The highest BCUT2D eigenvalue weighted by atomic mass is 15.0. The van der Waals surface area contributed by atoms with Crippen LogP contribution in [0.4, 0.5) is 0 Å². The normalized spacial score (nSPS) is 11.2. The Morgan fingerprint density at radius 1 is 1.05 bits per heavy atom. The fourth-order valence-corrected chi connectivity index (χ4v) is 2.36. The van der Waals surface area contributed by atoms with Crippen molar-refractivity contribution in [2.45, 2.75) is 33.1 Å². The molecule has 0 radical (unpaired) electrons. The largest absolute Gasteiger partial charge is 0.354 e. The van der Waals surface area contributed by atoms with Crippen LogP contribution in [0.2, 0.25) is 0 Å². The third-order valence-corrected chi connectivity index (χ3v) is 3.43. The summed E-state index contributed by atoms with van der Waals surface area (Å²) < 4.78 is 2.21. The molecule has 3 heteroatoms. The molecule has 0 amide bonds. The molecule has 2 aromatic rings. The van der Waals surface area contributed by atoms with Crippen LogP contribution in [-0.2, 0) is 26.2 Å². The van der Waals surface area contributed by atoms with Crippen molar-refractivity contribution in [1.82, 2.24) is 14.8 Å². The summed E-state index contributed by atoms with van der Waals surface area (Å²) in [6.45, 7) is 6.02.